The van der Waals surface area contributed by atoms with E-state index in [0.29, 0.717) is 50.7 Å². The van der Waals surface area contributed by atoms with E-state index in [9.17, 15) is 13.3 Å². The Kier molecular flexibility index (Phi) is 7.28. The van der Waals surface area contributed by atoms with Gasteiger partial charge in [0.25, 0.3) is 4.90 Å². The minimum Gasteiger partial charge on any atom is -0.588 e. The van der Waals surface area contributed by atoms with Gasteiger partial charge < -0.3 is 30.0 Å². The van der Waals surface area contributed by atoms with Gasteiger partial charge in [0.2, 0.25) is 0 Å². The molecule has 1 aromatic carbocycles. The second kappa shape index (κ2) is 11.3. The first kappa shape index (κ1) is 30.2. The van der Waals surface area contributed by atoms with E-state index < -0.39 is 34.7 Å². The average Bonchev–Trinajstić information content (AvgIpc) is 3.69. The lowest BCUT2D eigenvalue weighted by Crippen LogP contribution is -2.64. The highest BCUT2D eigenvalue weighted by Crippen LogP contribution is 2.51. The maximum Gasteiger partial charge on any atom is 0.319 e. The Hall–Kier alpha value is -2.89. The van der Waals surface area contributed by atoms with Gasteiger partial charge in [0.05, 0.1) is 47.1 Å². The number of nitrogen functional groups attached to an aromatic ring is 1. The molecule has 1 aliphatic carbocycles. The summed E-state index contributed by atoms with van der Waals surface area (Å²) < 4.78 is 75.8. The molecule has 0 radical (unpaired) electrons. The predicted molar refractivity (Wildman–Crippen MR) is 172 cm³/mol. The number of ether oxygens (including phenoxy) is 2. The summed E-state index contributed by atoms with van der Waals surface area (Å²) in [4.78, 5) is 18.3. The zero-order chi connectivity index (χ0) is 32.0. The lowest BCUT2D eigenvalue weighted by atomic mass is 9.92. The number of nitrogens with two attached hydrogens (primary N) is 1. The molecule has 7 heterocycles. The van der Waals surface area contributed by atoms with Gasteiger partial charge in [0.15, 0.2) is 22.5 Å². The monoisotopic (exact) mass is 688 g/mol. The van der Waals surface area contributed by atoms with Crippen LogP contribution >= 0.6 is 11.3 Å². The fourth-order valence-electron chi connectivity index (χ4n) is 8.24. The highest BCUT2D eigenvalue weighted by Gasteiger charge is 2.52. The average molecular weight is 689 g/mol. The van der Waals surface area contributed by atoms with Gasteiger partial charge in [-0.1, -0.05) is 11.3 Å². The first-order valence-electron chi connectivity index (χ1n) is 16.3. The predicted octanol–water partition coefficient (Wildman–Crippen LogP) is 3.63. The van der Waals surface area contributed by atoms with Crippen LogP contribution in [0.2, 0.25) is 0 Å². The molecule has 1 saturated carbocycles. The van der Waals surface area contributed by atoms with Crippen molar-refractivity contribution in [2.45, 2.75) is 73.3 Å². The number of nitrogens with zero attached hydrogens (tertiary/aromatic N) is 6. The quantitative estimate of drug-likeness (QED) is 0.369. The number of benzene rings is 1. The molecule has 3 N–H and O–H groups in total. The molecule has 0 amide bonds. The SMILES string of the molecule is Nc1nc2c(C3=C(F)c4nc(OC[C@@]56CCCN5C[C@H](F)C6)nc(N5C6CNCC5COC6)c4[S+]([O-])N3C3CCC3)ccc(F)c2s1. The van der Waals surface area contributed by atoms with Crippen LogP contribution in [0.1, 0.15) is 49.8 Å². The second-order valence-corrected chi connectivity index (χ2v) is 15.8. The van der Waals surface area contributed by atoms with E-state index in [-0.39, 0.29) is 62.4 Å². The molecular weight excluding hydrogens is 654 g/mol. The number of anilines is 2. The summed E-state index contributed by atoms with van der Waals surface area (Å²) in [6, 6.07) is 2.22. The van der Waals surface area contributed by atoms with Gasteiger partial charge in [-0.15, -0.1) is 0 Å². The molecule has 250 valence electrons. The largest absolute Gasteiger partial charge is 0.588 e. The Morgan fingerprint density at radius 3 is 2.70 bits per heavy atom. The van der Waals surface area contributed by atoms with Gasteiger partial charge in [-0.3, -0.25) is 4.90 Å². The molecule has 5 fully saturated rings. The molecule has 0 spiro atoms. The number of morpholine rings is 1. The Balaban J connectivity index is 1.22. The lowest BCUT2D eigenvalue weighted by molar-refractivity contribution is 0.0516. The van der Waals surface area contributed by atoms with Crippen molar-refractivity contribution in [2.75, 3.05) is 56.6 Å². The van der Waals surface area contributed by atoms with E-state index >= 15 is 4.39 Å². The summed E-state index contributed by atoms with van der Waals surface area (Å²) in [5.41, 5.74) is 5.97. The van der Waals surface area contributed by atoms with Crippen LogP contribution in [0.15, 0.2) is 17.0 Å². The molecule has 11 nitrogen and oxygen atoms in total. The number of aromatic nitrogens is 3. The van der Waals surface area contributed by atoms with Crippen molar-refractivity contribution >= 4 is 55.4 Å². The molecule has 4 saturated heterocycles. The van der Waals surface area contributed by atoms with Crippen molar-refractivity contribution in [3.8, 4) is 6.01 Å². The molecule has 5 atom stereocenters. The minimum atomic E-state index is -1.93. The topological polar surface area (TPSA) is 128 Å². The fraction of sp³-hybridized carbons (Fsp3) is 0.581. The number of alkyl halides is 1. The van der Waals surface area contributed by atoms with E-state index in [0.717, 1.165) is 50.0 Å². The molecule has 5 aliphatic heterocycles. The molecular formula is C31H35F3N8O3S2. The van der Waals surface area contributed by atoms with Gasteiger partial charge in [0, 0.05) is 31.6 Å². The molecule has 16 heteroatoms. The van der Waals surface area contributed by atoms with Crippen LogP contribution in [0, 0.1) is 5.82 Å². The fourth-order valence-corrected chi connectivity index (χ4v) is 10.6. The first-order chi connectivity index (χ1) is 22.8. The zero-order valence-electron chi connectivity index (χ0n) is 25.6. The number of fused-ring (bicyclic) bond motifs is 5. The van der Waals surface area contributed by atoms with E-state index in [2.05, 4.69) is 25.1 Å². The van der Waals surface area contributed by atoms with Crippen LogP contribution in [-0.2, 0) is 16.1 Å². The van der Waals surface area contributed by atoms with E-state index in [4.69, 9.17) is 20.2 Å². The number of hydrogen-bond acceptors (Lipinski definition) is 12. The Bertz CT molecular complexity index is 1760. The van der Waals surface area contributed by atoms with Gasteiger partial charge in [-0.2, -0.15) is 14.3 Å². The Morgan fingerprint density at radius 1 is 1.13 bits per heavy atom. The third-order valence-corrected chi connectivity index (χ3v) is 13.1. The van der Waals surface area contributed by atoms with E-state index in [1.54, 1.807) is 4.31 Å². The molecule has 47 heavy (non-hydrogen) atoms. The summed E-state index contributed by atoms with van der Waals surface area (Å²) in [5, 5.41) is 3.58. The molecule has 2 aromatic heterocycles. The first-order valence-corrected chi connectivity index (χ1v) is 18.2. The van der Waals surface area contributed by atoms with Crippen LogP contribution in [0.5, 0.6) is 6.01 Å². The summed E-state index contributed by atoms with van der Waals surface area (Å²) >= 11 is -0.941. The molecule has 6 aliphatic rings. The third kappa shape index (κ3) is 4.73. The van der Waals surface area contributed by atoms with Crippen molar-refractivity contribution in [3.63, 3.8) is 0 Å². The number of halogens is 3. The highest BCUT2D eigenvalue weighted by atomic mass is 32.2. The zero-order valence-corrected chi connectivity index (χ0v) is 27.2. The number of piperazine rings is 1. The molecule has 2 bridgehead atoms. The number of nitrogens with one attached hydrogen (secondary N) is 1. The second-order valence-electron chi connectivity index (χ2n) is 13.4. The van der Waals surface area contributed by atoms with Crippen molar-refractivity contribution in [1.82, 2.24) is 29.5 Å². The summed E-state index contributed by atoms with van der Waals surface area (Å²) in [5.74, 6) is -0.859. The number of thiazole rings is 1. The van der Waals surface area contributed by atoms with Crippen molar-refractivity contribution in [1.29, 1.82) is 0 Å². The number of rotatable bonds is 6. The van der Waals surface area contributed by atoms with E-state index in [1.807, 2.05) is 0 Å². The van der Waals surface area contributed by atoms with Gasteiger partial charge in [-0.05, 0) is 50.8 Å². The standard InChI is InChI=1S/C31H35F3N8O3S2/c32-16-9-31(7-2-8-40(31)12-16)15-45-30-38-24-22(34)25(20-5-6-21(33)26-23(20)37-29(35)46-26)42(17-3-1-4-17)47(43)27(24)28(39-30)41-18-10-36-11-19(41)14-44-13-18/h5-6,16-19,36H,1-4,7-15H2,(H2,35,37)/t16-,18?,19?,31+,47?/m1/s1. The Morgan fingerprint density at radius 2 is 1.94 bits per heavy atom. The molecule has 3 aromatic rings. The van der Waals surface area contributed by atoms with Gasteiger partial charge in [-0.25, -0.2) is 18.2 Å². The summed E-state index contributed by atoms with van der Waals surface area (Å²) in [6.45, 7) is 3.41. The highest BCUT2D eigenvalue weighted by molar-refractivity contribution is 7.89. The van der Waals surface area contributed by atoms with Gasteiger partial charge in [0.1, 0.15) is 35.7 Å². The summed E-state index contributed by atoms with van der Waals surface area (Å²) in [7, 11) is 0. The smallest absolute Gasteiger partial charge is 0.319 e. The molecule has 9 rings (SSSR count). The van der Waals surface area contributed by atoms with Crippen molar-refractivity contribution < 1.29 is 27.2 Å². The molecule has 3 unspecified atom stereocenters. The minimum absolute atomic E-state index is 0.0481. The Labute approximate surface area is 276 Å². The van der Waals surface area contributed by atoms with Crippen LogP contribution < -0.4 is 20.7 Å². The summed E-state index contributed by atoms with van der Waals surface area (Å²) in [6.07, 6.45) is 3.52. The normalized spacial score (nSPS) is 31.0. The van der Waals surface area contributed by atoms with Crippen molar-refractivity contribution in [3.05, 3.63) is 29.2 Å². The maximum atomic E-state index is 17.4. The van der Waals surface area contributed by atoms with Crippen LogP contribution in [0.25, 0.3) is 21.7 Å². The van der Waals surface area contributed by atoms with E-state index in [1.165, 1.54) is 12.1 Å². The lowest BCUT2D eigenvalue weighted by Gasteiger charge is -2.48. The maximum absolute atomic E-state index is 17.4. The van der Waals surface area contributed by atoms with Crippen LogP contribution in [0.3, 0.4) is 0 Å². The number of hydrogen-bond donors (Lipinski definition) is 2. The van der Waals surface area contributed by atoms with Crippen LogP contribution in [0.4, 0.5) is 24.1 Å². The van der Waals surface area contributed by atoms with Gasteiger partial charge >= 0.3 is 6.01 Å². The van der Waals surface area contributed by atoms with Crippen molar-refractivity contribution in [2.24, 2.45) is 0 Å². The third-order valence-electron chi connectivity index (χ3n) is 10.6. The van der Waals surface area contributed by atoms with Crippen LogP contribution in [-0.4, -0.2) is 105 Å².